The number of carbonyl (C=O) groups excluding carboxylic acids is 2. The molecule has 0 aliphatic carbocycles. The Labute approximate surface area is 94.5 Å². The normalized spacial score (nSPS) is 13.3. The van der Waals surface area contributed by atoms with E-state index in [1.54, 1.807) is 6.08 Å². The van der Waals surface area contributed by atoms with Gasteiger partial charge in [0.05, 0.1) is 7.11 Å². The van der Waals surface area contributed by atoms with Gasteiger partial charge in [0.1, 0.15) is 6.10 Å². The Morgan fingerprint density at radius 3 is 2.62 bits per heavy atom. The molecular formula is C10H18N2O4. The van der Waals surface area contributed by atoms with Crippen LogP contribution in [-0.4, -0.2) is 43.3 Å². The summed E-state index contributed by atoms with van der Waals surface area (Å²) >= 11 is 0. The lowest BCUT2D eigenvalue weighted by Gasteiger charge is -2.07. The zero-order chi connectivity index (χ0) is 12.6. The lowest BCUT2D eigenvalue weighted by atomic mass is 10.2. The Balaban J connectivity index is 3.97. The fourth-order valence-corrected chi connectivity index (χ4v) is 1.02. The van der Waals surface area contributed by atoms with Crippen LogP contribution in [0.1, 0.15) is 13.3 Å². The van der Waals surface area contributed by atoms with Crippen LogP contribution in [0.5, 0.6) is 0 Å². The molecule has 0 saturated carbocycles. The van der Waals surface area contributed by atoms with Gasteiger partial charge in [-0.1, -0.05) is 13.0 Å². The summed E-state index contributed by atoms with van der Waals surface area (Å²) < 4.78 is 4.56. The molecule has 0 aromatic rings. The van der Waals surface area contributed by atoms with E-state index >= 15 is 0 Å². The van der Waals surface area contributed by atoms with E-state index in [-0.39, 0.29) is 12.5 Å². The molecule has 0 aromatic heterocycles. The van der Waals surface area contributed by atoms with Crippen LogP contribution in [0.15, 0.2) is 11.6 Å². The molecule has 0 bridgehead atoms. The van der Waals surface area contributed by atoms with Gasteiger partial charge < -0.3 is 20.9 Å². The van der Waals surface area contributed by atoms with Crippen molar-refractivity contribution >= 4 is 11.9 Å². The van der Waals surface area contributed by atoms with Crippen molar-refractivity contribution in [2.24, 2.45) is 5.73 Å². The minimum absolute atomic E-state index is 0.0595. The van der Waals surface area contributed by atoms with Gasteiger partial charge in [0.15, 0.2) is 0 Å². The smallest absolute Gasteiger partial charge is 0.333 e. The molecule has 0 aromatic carbocycles. The van der Waals surface area contributed by atoms with Crippen LogP contribution >= 0.6 is 0 Å². The van der Waals surface area contributed by atoms with Crippen LogP contribution in [0.2, 0.25) is 0 Å². The number of amides is 1. The monoisotopic (exact) mass is 230 g/mol. The van der Waals surface area contributed by atoms with Gasteiger partial charge in [-0.25, -0.2) is 4.79 Å². The van der Waals surface area contributed by atoms with E-state index in [1.807, 2.05) is 6.92 Å². The van der Waals surface area contributed by atoms with Crippen molar-refractivity contribution in [2.75, 3.05) is 20.2 Å². The highest BCUT2D eigenvalue weighted by Gasteiger charge is 2.09. The van der Waals surface area contributed by atoms with Gasteiger partial charge in [-0.05, 0) is 6.42 Å². The number of nitrogens with two attached hydrogens (primary N) is 1. The molecule has 0 spiro atoms. The average Bonchev–Trinajstić information content (AvgIpc) is 2.27. The summed E-state index contributed by atoms with van der Waals surface area (Å²) in [5, 5.41) is 11.8. The van der Waals surface area contributed by atoms with Gasteiger partial charge >= 0.3 is 5.97 Å². The minimum Gasteiger partial charge on any atom is -0.466 e. The van der Waals surface area contributed by atoms with Crippen molar-refractivity contribution in [3.05, 3.63) is 11.6 Å². The number of nitrogens with one attached hydrogen (secondary N) is 1. The van der Waals surface area contributed by atoms with Crippen LogP contribution in [0.3, 0.4) is 0 Å². The van der Waals surface area contributed by atoms with Gasteiger partial charge in [0, 0.05) is 18.7 Å². The summed E-state index contributed by atoms with van der Waals surface area (Å²) in [6.45, 7) is 2.26. The Kier molecular flexibility index (Phi) is 7.15. The number of aliphatic hydroxyl groups excluding tert-OH is 1. The predicted molar refractivity (Wildman–Crippen MR) is 58.5 cm³/mol. The summed E-state index contributed by atoms with van der Waals surface area (Å²) in [6.07, 6.45) is 1.00. The first-order valence-corrected chi connectivity index (χ1v) is 4.98. The van der Waals surface area contributed by atoms with Crippen LogP contribution in [0.4, 0.5) is 0 Å². The summed E-state index contributed by atoms with van der Waals surface area (Å²) in [6, 6.07) is 0. The second kappa shape index (κ2) is 7.84. The second-order valence-corrected chi connectivity index (χ2v) is 3.15. The molecule has 92 valence electrons. The number of ether oxygens (including phenoxy) is 1. The first kappa shape index (κ1) is 14.6. The molecule has 1 atom stereocenters. The Morgan fingerprint density at radius 2 is 2.19 bits per heavy atom. The van der Waals surface area contributed by atoms with Crippen molar-refractivity contribution < 1.29 is 19.4 Å². The van der Waals surface area contributed by atoms with Crippen LogP contribution in [0.25, 0.3) is 0 Å². The van der Waals surface area contributed by atoms with Crippen molar-refractivity contribution in [1.82, 2.24) is 5.32 Å². The van der Waals surface area contributed by atoms with E-state index in [2.05, 4.69) is 10.1 Å². The van der Waals surface area contributed by atoms with Crippen LogP contribution in [-0.2, 0) is 14.3 Å². The van der Waals surface area contributed by atoms with Gasteiger partial charge in [-0.15, -0.1) is 0 Å². The van der Waals surface area contributed by atoms with Crippen molar-refractivity contribution in [1.29, 1.82) is 0 Å². The molecule has 0 saturated heterocycles. The van der Waals surface area contributed by atoms with Gasteiger partial charge in [0.25, 0.3) is 0 Å². The highest BCUT2D eigenvalue weighted by molar-refractivity contribution is 5.88. The van der Waals surface area contributed by atoms with Crippen molar-refractivity contribution in [2.45, 2.75) is 19.4 Å². The largest absolute Gasteiger partial charge is 0.466 e. The SMILES string of the molecule is CCC(=CCNCC(O)C(N)=O)C(=O)OC. The Hall–Kier alpha value is -1.40. The zero-order valence-corrected chi connectivity index (χ0v) is 9.53. The molecule has 0 aliphatic rings. The number of hydrogen-bond acceptors (Lipinski definition) is 5. The summed E-state index contributed by atoms with van der Waals surface area (Å²) in [5.74, 6) is -1.15. The van der Waals surface area contributed by atoms with Crippen LogP contribution < -0.4 is 11.1 Å². The third-order valence-corrected chi connectivity index (χ3v) is 1.99. The number of methoxy groups -OCH3 is 1. The summed E-state index contributed by atoms with van der Waals surface area (Å²) in [5.41, 5.74) is 5.40. The van der Waals surface area contributed by atoms with E-state index < -0.39 is 12.0 Å². The van der Waals surface area contributed by atoms with Crippen molar-refractivity contribution in [3.63, 3.8) is 0 Å². The quantitative estimate of drug-likeness (QED) is 0.294. The number of carbonyl (C=O) groups is 2. The van der Waals surface area contributed by atoms with Gasteiger partial charge in [-0.3, -0.25) is 4.79 Å². The number of hydrogen-bond donors (Lipinski definition) is 3. The zero-order valence-electron chi connectivity index (χ0n) is 9.53. The molecule has 6 heteroatoms. The van der Waals surface area contributed by atoms with E-state index in [0.29, 0.717) is 18.5 Å². The number of rotatable bonds is 7. The maximum atomic E-state index is 11.1. The summed E-state index contributed by atoms with van der Waals surface area (Å²) in [4.78, 5) is 21.6. The average molecular weight is 230 g/mol. The lowest BCUT2D eigenvalue weighted by Crippen LogP contribution is -2.37. The molecule has 4 N–H and O–H groups in total. The number of aliphatic hydroxyl groups is 1. The first-order valence-electron chi connectivity index (χ1n) is 4.98. The molecule has 0 heterocycles. The van der Waals surface area contributed by atoms with Gasteiger partial charge in [-0.2, -0.15) is 0 Å². The summed E-state index contributed by atoms with van der Waals surface area (Å²) in [7, 11) is 1.32. The van der Waals surface area contributed by atoms with E-state index in [1.165, 1.54) is 7.11 Å². The highest BCUT2D eigenvalue weighted by Crippen LogP contribution is 2.01. The minimum atomic E-state index is -1.21. The molecular weight excluding hydrogens is 212 g/mol. The number of esters is 1. The first-order chi connectivity index (χ1) is 7.52. The third kappa shape index (κ3) is 5.47. The fraction of sp³-hybridized carbons (Fsp3) is 0.600. The Bertz CT molecular complexity index is 276. The topological polar surface area (TPSA) is 102 Å². The molecule has 0 fully saturated rings. The maximum Gasteiger partial charge on any atom is 0.333 e. The molecule has 16 heavy (non-hydrogen) atoms. The van der Waals surface area contributed by atoms with E-state index in [9.17, 15) is 9.59 Å². The second-order valence-electron chi connectivity index (χ2n) is 3.15. The van der Waals surface area contributed by atoms with Crippen molar-refractivity contribution in [3.8, 4) is 0 Å². The molecule has 6 nitrogen and oxygen atoms in total. The lowest BCUT2D eigenvalue weighted by molar-refractivity contribution is -0.136. The molecule has 0 rings (SSSR count). The fourth-order valence-electron chi connectivity index (χ4n) is 1.02. The standard InChI is InChI=1S/C10H18N2O4/c1-3-7(10(15)16-2)4-5-12-6-8(13)9(11)14/h4,8,12-13H,3,5-6H2,1-2H3,(H2,11,14). The maximum absolute atomic E-state index is 11.1. The molecule has 0 aliphatic heterocycles. The van der Waals surface area contributed by atoms with E-state index in [4.69, 9.17) is 10.8 Å². The van der Waals surface area contributed by atoms with Crippen LogP contribution in [0, 0.1) is 0 Å². The molecule has 0 radical (unpaired) electrons. The highest BCUT2D eigenvalue weighted by atomic mass is 16.5. The molecule has 1 amide bonds. The third-order valence-electron chi connectivity index (χ3n) is 1.99. The predicted octanol–water partition coefficient (Wildman–Crippen LogP) is -1.07. The Morgan fingerprint density at radius 1 is 1.56 bits per heavy atom. The number of primary amides is 1. The molecule has 1 unspecified atom stereocenters. The van der Waals surface area contributed by atoms with Gasteiger partial charge in [0.2, 0.25) is 5.91 Å². The van der Waals surface area contributed by atoms with E-state index in [0.717, 1.165) is 0 Å².